The summed E-state index contributed by atoms with van der Waals surface area (Å²) in [5.74, 6) is -0.780. The number of nitrogens with one attached hydrogen (secondary N) is 1. The van der Waals surface area contributed by atoms with Crippen LogP contribution in [0.5, 0.6) is 0 Å². The van der Waals surface area contributed by atoms with Crippen molar-refractivity contribution < 1.29 is 17.9 Å². The van der Waals surface area contributed by atoms with Gasteiger partial charge in [-0.15, -0.1) is 0 Å². The maximum Gasteiger partial charge on any atom is 0.272 e. The first-order chi connectivity index (χ1) is 11.7. The fraction of sp³-hybridized carbons (Fsp3) is 0.353. The summed E-state index contributed by atoms with van der Waals surface area (Å²) in [6, 6.07) is 4.18. The molecule has 0 bridgehead atoms. The lowest BCUT2D eigenvalue weighted by Crippen LogP contribution is -2.20. The summed E-state index contributed by atoms with van der Waals surface area (Å²) in [7, 11) is 1.64. The second-order valence-electron chi connectivity index (χ2n) is 6.11. The van der Waals surface area contributed by atoms with Crippen molar-refractivity contribution in [2.24, 2.45) is 12.8 Å². The van der Waals surface area contributed by atoms with Gasteiger partial charge < -0.3 is 20.2 Å². The number of benzene rings is 1. The molecule has 1 aromatic carbocycles. The number of nitrogens with two attached hydrogens (primary N) is 1. The predicted molar refractivity (Wildman–Crippen MR) is 95.5 cm³/mol. The van der Waals surface area contributed by atoms with E-state index in [-0.39, 0.29) is 16.8 Å². The quantitative estimate of drug-likeness (QED) is 0.684. The zero-order valence-electron chi connectivity index (χ0n) is 14.4. The van der Waals surface area contributed by atoms with Gasteiger partial charge in [0.2, 0.25) is 0 Å². The second-order valence-corrected chi connectivity index (χ2v) is 7.05. The molecule has 0 aliphatic carbocycles. The molecule has 0 radical (unpaired) electrons. The number of amides is 1. The van der Waals surface area contributed by atoms with Gasteiger partial charge in [0, 0.05) is 30.5 Å². The second kappa shape index (κ2) is 7.90. The topological polar surface area (TPSA) is 97.3 Å². The average Bonchev–Trinajstić information content (AvgIpc) is 2.85. The summed E-state index contributed by atoms with van der Waals surface area (Å²) in [6.07, 6.45) is 2.45. The molecule has 2 atom stereocenters. The van der Waals surface area contributed by atoms with E-state index in [0.717, 1.165) is 0 Å². The summed E-state index contributed by atoms with van der Waals surface area (Å²) >= 11 is -2.21. The Morgan fingerprint density at radius 3 is 2.72 bits per heavy atom. The van der Waals surface area contributed by atoms with Crippen LogP contribution in [-0.2, 0) is 24.5 Å². The highest BCUT2D eigenvalue weighted by molar-refractivity contribution is 7.79. The Morgan fingerprint density at radius 1 is 1.48 bits per heavy atom. The highest BCUT2D eigenvalue weighted by atomic mass is 32.2. The van der Waals surface area contributed by atoms with Crippen LogP contribution in [0.15, 0.2) is 29.3 Å². The first kappa shape index (κ1) is 19.3. The molecule has 25 heavy (non-hydrogen) atoms. The molecule has 2 aromatic rings. The summed E-state index contributed by atoms with van der Waals surface area (Å²) in [5, 5.41) is 2.71. The SMILES string of the molecule is Cc1cc(NC(=O)c2c(CCC(C)N)c(S(=O)O)cn2C)ccc1F. The Kier molecular flexibility index (Phi) is 6.10. The number of nitrogens with zero attached hydrogens (tertiary/aromatic N) is 1. The zero-order valence-corrected chi connectivity index (χ0v) is 15.2. The lowest BCUT2D eigenvalue weighted by Gasteiger charge is -2.11. The van der Waals surface area contributed by atoms with Crippen LogP contribution >= 0.6 is 0 Å². The number of hydrogen-bond acceptors (Lipinski definition) is 3. The van der Waals surface area contributed by atoms with Crippen molar-refractivity contribution in [1.29, 1.82) is 0 Å². The molecular weight excluding hydrogens is 345 g/mol. The van der Waals surface area contributed by atoms with E-state index in [2.05, 4.69) is 5.32 Å². The lowest BCUT2D eigenvalue weighted by atomic mass is 10.1. The molecule has 1 aromatic heterocycles. The Labute approximate surface area is 148 Å². The highest BCUT2D eigenvalue weighted by Crippen LogP contribution is 2.24. The normalized spacial score (nSPS) is 13.5. The van der Waals surface area contributed by atoms with Gasteiger partial charge >= 0.3 is 0 Å². The van der Waals surface area contributed by atoms with Gasteiger partial charge in [-0.3, -0.25) is 4.79 Å². The van der Waals surface area contributed by atoms with Crippen LogP contribution in [0.4, 0.5) is 10.1 Å². The molecule has 0 aliphatic rings. The molecule has 136 valence electrons. The van der Waals surface area contributed by atoms with Crippen molar-refractivity contribution in [2.45, 2.75) is 37.6 Å². The molecule has 0 spiro atoms. The van der Waals surface area contributed by atoms with E-state index in [1.165, 1.54) is 29.0 Å². The maximum absolute atomic E-state index is 13.4. The van der Waals surface area contributed by atoms with E-state index in [0.29, 0.717) is 35.3 Å². The van der Waals surface area contributed by atoms with Gasteiger partial charge in [-0.2, -0.15) is 0 Å². The van der Waals surface area contributed by atoms with Crippen molar-refractivity contribution in [3.05, 3.63) is 47.0 Å². The van der Waals surface area contributed by atoms with Gasteiger partial charge in [-0.25, -0.2) is 8.60 Å². The van der Waals surface area contributed by atoms with Crippen LogP contribution in [0.25, 0.3) is 0 Å². The van der Waals surface area contributed by atoms with Crippen LogP contribution in [0, 0.1) is 12.7 Å². The first-order valence-electron chi connectivity index (χ1n) is 7.82. The molecule has 0 saturated heterocycles. The number of aryl methyl sites for hydroxylation is 2. The van der Waals surface area contributed by atoms with Gasteiger partial charge in [0.25, 0.3) is 5.91 Å². The van der Waals surface area contributed by atoms with Crippen molar-refractivity contribution >= 4 is 22.7 Å². The number of halogens is 1. The molecule has 2 rings (SSSR count). The van der Waals surface area contributed by atoms with Gasteiger partial charge in [0.15, 0.2) is 11.1 Å². The van der Waals surface area contributed by atoms with Crippen molar-refractivity contribution in [3.63, 3.8) is 0 Å². The number of carbonyl (C=O) groups excluding carboxylic acids is 1. The van der Waals surface area contributed by atoms with E-state index >= 15 is 0 Å². The Balaban J connectivity index is 2.37. The monoisotopic (exact) mass is 367 g/mol. The minimum atomic E-state index is -2.21. The third-order valence-electron chi connectivity index (χ3n) is 3.92. The van der Waals surface area contributed by atoms with Crippen LogP contribution < -0.4 is 11.1 Å². The van der Waals surface area contributed by atoms with E-state index in [4.69, 9.17) is 5.73 Å². The van der Waals surface area contributed by atoms with Gasteiger partial charge in [0.1, 0.15) is 11.5 Å². The maximum atomic E-state index is 13.4. The van der Waals surface area contributed by atoms with Gasteiger partial charge in [0.05, 0.1) is 4.90 Å². The van der Waals surface area contributed by atoms with Gasteiger partial charge in [-0.1, -0.05) is 0 Å². The standard InChI is InChI=1S/C17H22FN3O3S/c1-10-8-12(5-7-14(10)18)20-17(22)16-13(6-4-11(2)19)15(25(23)24)9-21(16)3/h5,7-9,11H,4,6,19H2,1-3H3,(H,20,22)(H,23,24). The first-order valence-corrected chi connectivity index (χ1v) is 8.93. The Bertz CT molecular complexity index is 818. The smallest absolute Gasteiger partial charge is 0.272 e. The van der Waals surface area contributed by atoms with E-state index in [1.807, 2.05) is 6.92 Å². The van der Waals surface area contributed by atoms with Crippen LogP contribution in [-0.4, -0.2) is 25.3 Å². The van der Waals surface area contributed by atoms with Crippen LogP contribution in [0.3, 0.4) is 0 Å². The fourth-order valence-electron chi connectivity index (χ4n) is 2.62. The Hall–Kier alpha value is -2.03. The highest BCUT2D eigenvalue weighted by Gasteiger charge is 2.23. The molecule has 1 heterocycles. The Morgan fingerprint density at radius 2 is 2.16 bits per heavy atom. The fourth-order valence-corrected chi connectivity index (χ4v) is 3.28. The third kappa shape index (κ3) is 4.53. The molecule has 1 amide bonds. The molecule has 0 fully saturated rings. The van der Waals surface area contributed by atoms with E-state index in [9.17, 15) is 17.9 Å². The van der Waals surface area contributed by atoms with Crippen molar-refractivity contribution in [2.75, 3.05) is 5.32 Å². The third-order valence-corrected chi connectivity index (χ3v) is 4.64. The zero-order chi connectivity index (χ0) is 18.7. The number of anilines is 1. The summed E-state index contributed by atoms with van der Waals surface area (Å²) in [6.45, 7) is 3.44. The van der Waals surface area contributed by atoms with Crippen molar-refractivity contribution in [1.82, 2.24) is 4.57 Å². The summed E-state index contributed by atoms with van der Waals surface area (Å²) in [5.41, 5.74) is 7.43. The van der Waals surface area contributed by atoms with E-state index < -0.39 is 17.0 Å². The average molecular weight is 367 g/mol. The number of rotatable bonds is 6. The number of carbonyl (C=O) groups is 1. The van der Waals surface area contributed by atoms with E-state index in [1.54, 1.807) is 14.0 Å². The predicted octanol–water partition coefficient (Wildman–Crippen LogP) is 2.59. The molecular formula is C17H22FN3O3S. The minimum Gasteiger partial charge on any atom is -0.345 e. The minimum absolute atomic E-state index is 0.101. The molecule has 6 nitrogen and oxygen atoms in total. The summed E-state index contributed by atoms with van der Waals surface area (Å²) < 4.78 is 36.0. The summed E-state index contributed by atoms with van der Waals surface area (Å²) in [4.78, 5) is 12.9. The van der Waals surface area contributed by atoms with Crippen LogP contribution in [0.2, 0.25) is 0 Å². The van der Waals surface area contributed by atoms with Crippen LogP contribution in [0.1, 0.15) is 35.0 Å². The molecule has 8 heteroatoms. The number of hydrogen-bond donors (Lipinski definition) is 3. The van der Waals surface area contributed by atoms with Crippen molar-refractivity contribution in [3.8, 4) is 0 Å². The molecule has 0 aliphatic heterocycles. The lowest BCUT2D eigenvalue weighted by molar-refractivity contribution is 0.101. The molecule has 4 N–H and O–H groups in total. The molecule has 0 saturated carbocycles. The van der Waals surface area contributed by atoms with Gasteiger partial charge in [-0.05, 0) is 50.5 Å². The number of aromatic nitrogens is 1. The molecule has 2 unspecified atom stereocenters. The largest absolute Gasteiger partial charge is 0.345 e.